The number of hydrogen-bond donors (Lipinski definition) is 1. The molecule has 0 bridgehead atoms. The van der Waals surface area contributed by atoms with Crippen molar-refractivity contribution >= 4 is 5.82 Å². The van der Waals surface area contributed by atoms with E-state index in [9.17, 15) is 4.79 Å². The molecule has 0 spiro atoms. The van der Waals surface area contributed by atoms with E-state index in [1.54, 1.807) is 17.0 Å². The predicted molar refractivity (Wildman–Crippen MR) is 69.3 cm³/mol. The molecule has 1 aromatic heterocycles. The fourth-order valence-electron chi connectivity index (χ4n) is 2.46. The van der Waals surface area contributed by atoms with Crippen LogP contribution in [0.3, 0.4) is 0 Å². The minimum atomic E-state index is -0.0120. The van der Waals surface area contributed by atoms with E-state index in [1.807, 2.05) is 13.8 Å². The molecule has 2 atom stereocenters. The molecule has 94 valence electrons. The number of nitrogens with zero attached hydrogens (tertiary/aromatic N) is 2. The van der Waals surface area contributed by atoms with Crippen molar-refractivity contribution in [3.05, 3.63) is 22.7 Å². The van der Waals surface area contributed by atoms with E-state index >= 15 is 0 Å². The van der Waals surface area contributed by atoms with Crippen LogP contribution in [0.5, 0.6) is 0 Å². The quantitative estimate of drug-likeness (QED) is 0.875. The highest BCUT2D eigenvalue weighted by molar-refractivity contribution is 5.32. The van der Waals surface area contributed by atoms with Gasteiger partial charge in [-0.2, -0.15) is 0 Å². The highest BCUT2D eigenvalue weighted by atomic mass is 16.1. The standard InChI is InChI=1S/C13H21N3O/c1-9(2)16-7-6-14-12(13(16)17)15-11-5-4-10(3)8-11/h6-7,9-11H,4-5,8H2,1-3H3,(H,14,15). The summed E-state index contributed by atoms with van der Waals surface area (Å²) in [7, 11) is 0. The average Bonchev–Trinajstić information content (AvgIpc) is 2.67. The van der Waals surface area contributed by atoms with Crippen LogP contribution in [0.15, 0.2) is 17.2 Å². The van der Waals surface area contributed by atoms with E-state index in [0.29, 0.717) is 11.9 Å². The topological polar surface area (TPSA) is 46.9 Å². The van der Waals surface area contributed by atoms with Gasteiger partial charge in [0.2, 0.25) is 0 Å². The molecule has 0 aromatic carbocycles. The normalized spacial score (nSPS) is 24.2. The second-order valence-electron chi connectivity index (χ2n) is 5.34. The fourth-order valence-corrected chi connectivity index (χ4v) is 2.46. The zero-order valence-electron chi connectivity index (χ0n) is 10.8. The summed E-state index contributed by atoms with van der Waals surface area (Å²) in [6.45, 7) is 6.26. The Hall–Kier alpha value is -1.32. The summed E-state index contributed by atoms with van der Waals surface area (Å²) >= 11 is 0. The maximum Gasteiger partial charge on any atom is 0.293 e. The van der Waals surface area contributed by atoms with Crippen molar-refractivity contribution in [1.82, 2.24) is 9.55 Å². The predicted octanol–water partition coefficient (Wildman–Crippen LogP) is 2.42. The van der Waals surface area contributed by atoms with Crippen LogP contribution in [0.25, 0.3) is 0 Å². The minimum absolute atomic E-state index is 0.0120. The molecule has 2 rings (SSSR count). The number of aromatic nitrogens is 2. The lowest BCUT2D eigenvalue weighted by atomic mass is 10.1. The maximum absolute atomic E-state index is 12.1. The Balaban J connectivity index is 2.16. The second kappa shape index (κ2) is 4.90. The third-order valence-corrected chi connectivity index (χ3v) is 3.46. The van der Waals surface area contributed by atoms with Crippen molar-refractivity contribution in [2.75, 3.05) is 5.32 Å². The first-order chi connectivity index (χ1) is 8.08. The summed E-state index contributed by atoms with van der Waals surface area (Å²) < 4.78 is 1.72. The smallest absolute Gasteiger partial charge is 0.293 e. The maximum atomic E-state index is 12.1. The van der Waals surface area contributed by atoms with E-state index in [0.717, 1.165) is 18.8 Å². The molecule has 1 N–H and O–H groups in total. The average molecular weight is 235 g/mol. The number of rotatable bonds is 3. The van der Waals surface area contributed by atoms with Gasteiger partial charge in [0.15, 0.2) is 5.82 Å². The largest absolute Gasteiger partial charge is 0.363 e. The monoisotopic (exact) mass is 235 g/mol. The summed E-state index contributed by atoms with van der Waals surface area (Å²) in [5.41, 5.74) is -0.0120. The van der Waals surface area contributed by atoms with Crippen molar-refractivity contribution in [2.45, 2.75) is 52.1 Å². The van der Waals surface area contributed by atoms with Crippen LogP contribution in [-0.4, -0.2) is 15.6 Å². The Labute approximate surface area is 102 Å². The minimum Gasteiger partial charge on any atom is -0.363 e. The fraction of sp³-hybridized carbons (Fsp3) is 0.692. The highest BCUT2D eigenvalue weighted by Crippen LogP contribution is 2.26. The van der Waals surface area contributed by atoms with Gasteiger partial charge >= 0.3 is 0 Å². The Bertz CT molecular complexity index is 439. The summed E-state index contributed by atoms with van der Waals surface area (Å²) in [4.78, 5) is 16.3. The number of hydrogen-bond acceptors (Lipinski definition) is 3. The molecule has 1 aliphatic carbocycles. The lowest BCUT2D eigenvalue weighted by Crippen LogP contribution is -2.28. The molecule has 1 heterocycles. The molecule has 0 amide bonds. The van der Waals surface area contributed by atoms with Crippen LogP contribution in [0.2, 0.25) is 0 Å². The van der Waals surface area contributed by atoms with Gasteiger partial charge in [-0.1, -0.05) is 6.92 Å². The van der Waals surface area contributed by atoms with Crippen LogP contribution in [0, 0.1) is 5.92 Å². The highest BCUT2D eigenvalue weighted by Gasteiger charge is 2.22. The van der Waals surface area contributed by atoms with E-state index in [2.05, 4.69) is 17.2 Å². The summed E-state index contributed by atoms with van der Waals surface area (Å²) in [6.07, 6.45) is 6.96. The Morgan fingerprint density at radius 2 is 2.24 bits per heavy atom. The molecule has 1 fully saturated rings. The van der Waals surface area contributed by atoms with Crippen LogP contribution in [0.4, 0.5) is 5.82 Å². The van der Waals surface area contributed by atoms with E-state index in [-0.39, 0.29) is 11.6 Å². The molecule has 0 saturated heterocycles. The Morgan fingerprint density at radius 1 is 1.47 bits per heavy atom. The summed E-state index contributed by atoms with van der Waals surface area (Å²) in [5.74, 6) is 1.25. The van der Waals surface area contributed by atoms with Gasteiger partial charge in [-0.05, 0) is 39.0 Å². The first-order valence-corrected chi connectivity index (χ1v) is 6.41. The van der Waals surface area contributed by atoms with Crippen LogP contribution >= 0.6 is 0 Å². The van der Waals surface area contributed by atoms with Gasteiger partial charge in [0, 0.05) is 24.5 Å². The van der Waals surface area contributed by atoms with Gasteiger partial charge in [0.05, 0.1) is 0 Å². The molecular formula is C13H21N3O. The van der Waals surface area contributed by atoms with Crippen LogP contribution < -0.4 is 10.9 Å². The van der Waals surface area contributed by atoms with Crippen molar-refractivity contribution in [2.24, 2.45) is 5.92 Å². The summed E-state index contributed by atoms with van der Waals surface area (Å²) in [5, 5.41) is 3.29. The molecule has 4 heteroatoms. The summed E-state index contributed by atoms with van der Waals surface area (Å²) in [6, 6.07) is 0.585. The molecule has 4 nitrogen and oxygen atoms in total. The van der Waals surface area contributed by atoms with Crippen LogP contribution in [-0.2, 0) is 0 Å². The van der Waals surface area contributed by atoms with E-state index in [4.69, 9.17) is 0 Å². The van der Waals surface area contributed by atoms with E-state index in [1.165, 1.54) is 6.42 Å². The zero-order valence-corrected chi connectivity index (χ0v) is 10.8. The van der Waals surface area contributed by atoms with Gasteiger partial charge in [-0.3, -0.25) is 4.79 Å². The molecule has 2 unspecified atom stereocenters. The lowest BCUT2D eigenvalue weighted by Gasteiger charge is -2.15. The van der Waals surface area contributed by atoms with Gasteiger partial charge in [0.1, 0.15) is 0 Å². The first kappa shape index (κ1) is 12.1. The molecule has 0 aliphatic heterocycles. The van der Waals surface area contributed by atoms with Gasteiger partial charge in [-0.15, -0.1) is 0 Å². The molecule has 17 heavy (non-hydrogen) atoms. The van der Waals surface area contributed by atoms with Gasteiger partial charge < -0.3 is 9.88 Å². The number of anilines is 1. The molecule has 1 aromatic rings. The van der Waals surface area contributed by atoms with Crippen molar-refractivity contribution in [3.8, 4) is 0 Å². The third kappa shape index (κ3) is 2.68. The van der Waals surface area contributed by atoms with E-state index < -0.39 is 0 Å². The number of nitrogens with one attached hydrogen (secondary N) is 1. The van der Waals surface area contributed by atoms with Crippen molar-refractivity contribution in [1.29, 1.82) is 0 Å². The Morgan fingerprint density at radius 3 is 2.82 bits per heavy atom. The Kier molecular flexibility index (Phi) is 3.50. The van der Waals surface area contributed by atoms with Crippen molar-refractivity contribution < 1.29 is 0 Å². The first-order valence-electron chi connectivity index (χ1n) is 6.41. The SMILES string of the molecule is CC1CCC(Nc2nccn(C(C)C)c2=O)C1. The molecular weight excluding hydrogens is 214 g/mol. The second-order valence-corrected chi connectivity index (χ2v) is 5.34. The zero-order chi connectivity index (χ0) is 12.4. The van der Waals surface area contributed by atoms with Crippen molar-refractivity contribution in [3.63, 3.8) is 0 Å². The van der Waals surface area contributed by atoms with Gasteiger partial charge in [-0.25, -0.2) is 4.98 Å². The third-order valence-electron chi connectivity index (χ3n) is 3.46. The lowest BCUT2D eigenvalue weighted by molar-refractivity contribution is 0.572. The van der Waals surface area contributed by atoms with Gasteiger partial charge in [0.25, 0.3) is 5.56 Å². The molecule has 1 aliphatic rings. The van der Waals surface area contributed by atoms with Crippen LogP contribution in [0.1, 0.15) is 46.1 Å². The molecule has 0 radical (unpaired) electrons. The molecule has 1 saturated carbocycles.